The summed E-state index contributed by atoms with van der Waals surface area (Å²) >= 11 is 1.82. The highest BCUT2D eigenvalue weighted by Crippen LogP contribution is 2.16. The fraction of sp³-hybridized carbons (Fsp3) is 0.818. The molecular weight excluding hydrogens is 222 g/mol. The molecule has 90 valence electrons. The summed E-state index contributed by atoms with van der Waals surface area (Å²) in [6, 6.07) is 0. The molecule has 1 N–H and O–H groups in total. The first kappa shape index (κ1) is 11.9. The van der Waals surface area contributed by atoms with Gasteiger partial charge >= 0.3 is 0 Å². The van der Waals surface area contributed by atoms with Gasteiger partial charge in [0.1, 0.15) is 0 Å². The van der Waals surface area contributed by atoms with E-state index in [1.807, 2.05) is 11.8 Å². The molecule has 0 bridgehead atoms. The van der Waals surface area contributed by atoms with Crippen molar-refractivity contribution in [2.45, 2.75) is 31.9 Å². The number of thioether (sulfide) groups is 1. The average molecular weight is 241 g/mol. The summed E-state index contributed by atoms with van der Waals surface area (Å²) in [6.45, 7) is 4.44. The van der Waals surface area contributed by atoms with E-state index >= 15 is 0 Å². The zero-order chi connectivity index (χ0) is 11.2. The molecule has 5 heteroatoms. The Morgan fingerprint density at radius 2 is 2.50 bits per heavy atom. The summed E-state index contributed by atoms with van der Waals surface area (Å²) in [5, 5.41) is 7.35. The monoisotopic (exact) mass is 241 g/mol. The van der Waals surface area contributed by atoms with Crippen LogP contribution < -0.4 is 5.32 Å². The number of nitrogens with one attached hydrogen (secondary N) is 1. The van der Waals surface area contributed by atoms with Gasteiger partial charge in [-0.25, -0.2) is 0 Å². The summed E-state index contributed by atoms with van der Waals surface area (Å²) < 4.78 is 5.23. The first-order valence-electron chi connectivity index (χ1n) is 5.98. The van der Waals surface area contributed by atoms with Crippen molar-refractivity contribution in [3.05, 3.63) is 11.7 Å². The summed E-state index contributed by atoms with van der Waals surface area (Å²) in [4.78, 5) is 4.39. The Morgan fingerprint density at radius 1 is 1.56 bits per heavy atom. The van der Waals surface area contributed by atoms with E-state index in [1.165, 1.54) is 6.42 Å². The zero-order valence-electron chi connectivity index (χ0n) is 9.74. The predicted octanol–water partition coefficient (Wildman–Crippen LogP) is 1.86. The average Bonchev–Trinajstić information content (AvgIpc) is 2.95. The van der Waals surface area contributed by atoms with Crippen molar-refractivity contribution >= 4 is 11.8 Å². The van der Waals surface area contributed by atoms with Crippen molar-refractivity contribution in [2.75, 3.05) is 18.8 Å². The molecule has 0 aromatic carbocycles. The first-order chi connectivity index (χ1) is 7.88. The molecule has 1 atom stereocenters. The van der Waals surface area contributed by atoms with Gasteiger partial charge in [0.15, 0.2) is 5.82 Å². The lowest BCUT2D eigenvalue weighted by Gasteiger charge is -2.03. The van der Waals surface area contributed by atoms with E-state index in [0.29, 0.717) is 0 Å². The van der Waals surface area contributed by atoms with E-state index in [1.54, 1.807) is 0 Å². The molecule has 0 radical (unpaired) electrons. The van der Waals surface area contributed by atoms with Gasteiger partial charge in [-0.05, 0) is 37.6 Å². The van der Waals surface area contributed by atoms with Crippen molar-refractivity contribution < 1.29 is 4.52 Å². The molecule has 0 saturated carbocycles. The Kier molecular flexibility index (Phi) is 4.66. The van der Waals surface area contributed by atoms with Crippen LogP contribution in [0.5, 0.6) is 0 Å². The van der Waals surface area contributed by atoms with Gasteiger partial charge in [-0.1, -0.05) is 12.1 Å². The SMILES string of the molecule is CCSCc1noc(CCC2CCNC2)n1. The van der Waals surface area contributed by atoms with Crippen molar-refractivity contribution in [1.82, 2.24) is 15.5 Å². The quantitative estimate of drug-likeness (QED) is 0.824. The third-order valence-electron chi connectivity index (χ3n) is 2.87. The second-order valence-electron chi connectivity index (χ2n) is 4.14. The van der Waals surface area contributed by atoms with Crippen LogP contribution in [0.4, 0.5) is 0 Å². The van der Waals surface area contributed by atoms with E-state index in [9.17, 15) is 0 Å². The standard InChI is InChI=1S/C11H19N3OS/c1-2-16-8-10-13-11(15-14-10)4-3-9-5-6-12-7-9/h9,12H,2-8H2,1H3. The Hall–Kier alpha value is -0.550. The summed E-state index contributed by atoms with van der Waals surface area (Å²) in [6.07, 6.45) is 3.37. The van der Waals surface area contributed by atoms with Crippen LogP contribution in [-0.4, -0.2) is 29.0 Å². The zero-order valence-corrected chi connectivity index (χ0v) is 10.6. The fourth-order valence-corrected chi connectivity index (χ4v) is 2.44. The number of aromatic nitrogens is 2. The minimum atomic E-state index is 0.792. The molecule has 1 aliphatic rings. The Balaban J connectivity index is 1.73. The summed E-state index contributed by atoms with van der Waals surface area (Å²) in [5.41, 5.74) is 0. The minimum absolute atomic E-state index is 0.792. The van der Waals surface area contributed by atoms with Crippen LogP contribution in [0.2, 0.25) is 0 Å². The van der Waals surface area contributed by atoms with Gasteiger partial charge in [0.2, 0.25) is 5.89 Å². The van der Waals surface area contributed by atoms with Gasteiger partial charge in [0.05, 0.1) is 5.75 Å². The number of hydrogen-bond donors (Lipinski definition) is 1. The van der Waals surface area contributed by atoms with Crippen molar-refractivity contribution in [3.8, 4) is 0 Å². The Morgan fingerprint density at radius 3 is 3.25 bits per heavy atom. The fourth-order valence-electron chi connectivity index (χ4n) is 1.93. The Bertz CT molecular complexity index is 310. The summed E-state index contributed by atoms with van der Waals surface area (Å²) in [5.74, 6) is 4.40. The molecule has 2 heterocycles. The van der Waals surface area contributed by atoms with E-state index in [4.69, 9.17) is 4.52 Å². The lowest BCUT2D eigenvalue weighted by molar-refractivity contribution is 0.361. The van der Waals surface area contributed by atoms with E-state index in [2.05, 4.69) is 22.4 Å². The van der Waals surface area contributed by atoms with E-state index in [-0.39, 0.29) is 0 Å². The highest BCUT2D eigenvalue weighted by Gasteiger charge is 2.15. The van der Waals surface area contributed by atoms with Crippen molar-refractivity contribution in [1.29, 1.82) is 0 Å². The Labute approximate surface area is 101 Å². The van der Waals surface area contributed by atoms with Gasteiger partial charge in [-0.15, -0.1) is 0 Å². The third kappa shape index (κ3) is 3.49. The number of rotatable bonds is 6. The molecule has 1 unspecified atom stereocenters. The van der Waals surface area contributed by atoms with Crippen LogP contribution in [0.3, 0.4) is 0 Å². The molecular formula is C11H19N3OS. The van der Waals surface area contributed by atoms with E-state index < -0.39 is 0 Å². The second kappa shape index (κ2) is 6.25. The van der Waals surface area contributed by atoms with Gasteiger partial charge in [0.25, 0.3) is 0 Å². The predicted molar refractivity (Wildman–Crippen MR) is 65.4 cm³/mol. The molecule has 2 rings (SSSR count). The highest BCUT2D eigenvalue weighted by molar-refractivity contribution is 7.98. The lowest BCUT2D eigenvalue weighted by Crippen LogP contribution is -2.09. The molecule has 1 fully saturated rings. The molecule has 0 amide bonds. The third-order valence-corrected chi connectivity index (χ3v) is 3.74. The molecule has 1 aromatic rings. The van der Waals surface area contributed by atoms with Gasteiger partial charge in [-0.2, -0.15) is 16.7 Å². The number of aryl methyl sites for hydroxylation is 1. The molecule has 1 saturated heterocycles. The van der Waals surface area contributed by atoms with Crippen LogP contribution >= 0.6 is 11.8 Å². The highest BCUT2D eigenvalue weighted by atomic mass is 32.2. The maximum absolute atomic E-state index is 5.23. The van der Waals surface area contributed by atoms with Gasteiger partial charge < -0.3 is 9.84 Å². The van der Waals surface area contributed by atoms with Gasteiger partial charge in [-0.3, -0.25) is 0 Å². The topological polar surface area (TPSA) is 51.0 Å². The molecule has 1 aromatic heterocycles. The number of nitrogens with zero attached hydrogens (tertiary/aromatic N) is 2. The summed E-state index contributed by atoms with van der Waals surface area (Å²) in [7, 11) is 0. The van der Waals surface area contributed by atoms with E-state index in [0.717, 1.165) is 55.1 Å². The number of hydrogen-bond acceptors (Lipinski definition) is 5. The van der Waals surface area contributed by atoms with Crippen LogP contribution in [0.15, 0.2) is 4.52 Å². The maximum atomic E-state index is 5.23. The maximum Gasteiger partial charge on any atom is 0.226 e. The van der Waals surface area contributed by atoms with Crippen molar-refractivity contribution in [3.63, 3.8) is 0 Å². The van der Waals surface area contributed by atoms with Crippen LogP contribution in [0.1, 0.15) is 31.5 Å². The largest absolute Gasteiger partial charge is 0.339 e. The minimum Gasteiger partial charge on any atom is -0.339 e. The molecule has 0 spiro atoms. The molecule has 1 aliphatic heterocycles. The van der Waals surface area contributed by atoms with Gasteiger partial charge in [0, 0.05) is 6.42 Å². The van der Waals surface area contributed by atoms with Crippen LogP contribution in [0.25, 0.3) is 0 Å². The second-order valence-corrected chi connectivity index (χ2v) is 5.41. The van der Waals surface area contributed by atoms with Crippen LogP contribution in [0, 0.1) is 5.92 Å². The lowest BCUT2D eigenvalue weighted by atomic mass is 10.0. The first-order valence-corrected chi connectivity index (χ1v) is 7.14. The smallest absolute Gasteiger partial charge is 0.226 e. The van der Waals surface area contributed by atoms with Crippen LogP contribution in [-0.2, 0) is 12.2 Å². The van der Waals surface area contributed by atoms with Crippen molar-refractivity contribution in [2.24, 2.45) is 5.92 Å². The molecule has 0 aliphatic carbocycles. The molecule has 16 heavy (non-hydrogen) atoms. The normalized spacial score (nSPS) is 20.4. The molecule has 4 nitrogen and oxygen atoms in total.